The van der Waals surface area contributed by atoms with Gasteiger partial charge < -0.3 is 15.8 Å². The number of amides is 1. The summed E-state index contributed by atoms with van der Waals surface area (Å²) in [5.74, 6) is 0.111. The second-order valence-electron chi connectivity index (χ2n) is 8.87. The fourth-order valence-electron chi connectivity index (χ4n) is 3.62. The van der Waals surface area contributed by atoms with Crippen molar-refractivity contribution in [2.75, 3.05) is 18.9 Å². The highest BCUT2D eigenvalue weighted by molar-refractivity contribution is 7.86. The predicted molar refractivity (Wildman–Crippen MR) is 147 cm³/mol. The summed E-state index contributed by atoms with van der Waals surface area (Å²) in [6.07, 6.45) is 0.344. The van der Waals surface area contributed by atoms with Gasteiger partial charge in [0.25, 0.3) is 21.6 Å². The summed E-state index contributed by atoms with van der Waals surface area (Å²) in [7, 11) is -3.83. The topological polar surface area (TPSA) is 143 Å². The van der Waals surface area contributed by atoms with Crippen molar-refractivity contribution in [1.82, 2.24) is 15.1 Å². The Bertz CT molecular complexity index is 1610. The second kappa shape index (κ2) is 11.3. The Balaban J connectivity index is 1.42. The van der Waals surface area contributed by atoms with Gasteiger partial charge >= 0.3 is 0 Å². The summed E-state index contributed by atoms with van der Waals surface area (Å²) in [6, 6.07) is 12.9. The van der Waals surface area contributed by atoms with Gasteiger partial charge in [-0.15, -0.1) is 11.3 Å². The van der Waals surface area contributed by atoms with Gasteiger partial charge in [0.1, 0.15) is 5.75 Å². The Labute approximate surface area is 224 Å². The summed E-state index contributed by atoms with van der Waals surface area (Å²) in [4.78, 5) is 26.0. The maximum Gasteiger partial charge on any atom is 0.296 e. The molecule has 38 heavy (non-hydrogen) atoms. The Kier molecular flexibility index (Phi) is 8.14. The number of aryl methyl sites for hydroxylation is 1. The molecule has 1 amide bonds. The van der Waals surface area contributed by atoms with Crippen LogP contribution < -0.4 is 21.3 Å². The molecule has 0 aliphatic rings. The number of anilines is 1. The summed E-state index contributed by atoms with van der Waals surface area (Å²) >= 11 is 1.18. The molecule has 4 rings (SSSR count). The van der Waals surface area contributed by atoms with Crippen molar-refractivity contribution in [3.05, 3.63) is 75.5 Å². The second-order valence-corrected chi connectivity index (χ2v) is 11.4. The highest BCUT2D eigenvalue weighted by Crippen LogP contribution is 2.27. The first-order valence-corrected chi connectivity index (χ1v) is 14.2. The number of nitrogens with zero attached hydrogens (tertiary/aromatic N) is 2. The molecule has 0 aliphatic heterocycles. The van der Waals surface area contributed by atoms with Crippen LogP contribution in [0.15, 0.2) is 63.6 Å². The average Bonchev–Trinajstić information content (AvgIpc) is 3.26. The number of hydrogen-bond donors (Lipinski definition) is 2. The SMILES string of the molecule is Cc1ccc(S(=O)(=O)OCCCOc2ccc(-n3nc(C(=O)NC(C)C)c4csc(N)c4c3=O)cc2)cc1. The van der Waals surface area contributed by atoms with Crippen molar-refractivity contribution in [1.29, 1.82) is 0 Å². The number of benzene rings is 2. The van der Waals surface area contributed by atoms with Gasteiger partial charge in [0.2, 0.25) is 0 Å². The van der Waals surface area contributed by atoms with E-state index in [0.29, 0.717) is 28.2 Å². The molecular formula is C26H28N4O6S2. The molecular weight excluding hydrogens is 528 g/mol. The molecule has 0 saturated heterocycles. The molecule has 4 aromatic rings. The summed E-state index contributed by atoms with van der Waals surface area (Å²) < 4.78 is 36.4. The van der Waals surface area contributed by atoms with E-state index in [4.69, 9.17) is 14.7 Å². The maximum atomic E-state index is 13.1. The van der Waals surface area contributed by atoms with Crippen LogP contribution in [0.25, 0.3) is 16.5 Å². The first kappa shape index (κ1) is 27.3. The molecule has 12 heteroatoms. The van der Waals surface area contributed by atoms with Gasteiger partial charge in [-0.25, -0.2) is 0 Å². The lowest BCUT2D eigenvalue weighted by atomic mass is 10.2. The molecule has 2 aromatic carbocycles. The van der Waals surface area contributed by atoms with E-state index < -0.39 is 21.6 Å². The molecule has 2 aromatic heterocycles. The van der Waals surface area contributed by atoms with Gasteiger partial charge in [-0.3, -0.25) is 13.8 Å². The number of nitrogens with two attached hydrogens (primary N) is 1. The summed E-state index contributed by atoms with van der Waals surface area (Å²) in [5.41, 5.74) is 7.11. The molecule has 0 unspecified atom stereocenters. The molecule has 10 nitrogen and oxygen atoms in total. The molecule has 2 heterocycles. The normalized spacial score (nSPS) is 11.7. The van der Waals surface area contributed by atoms with E-state index in [1.54, 1.807) is 41.8 Å². The quantitative estimate of drug-likeness (QED) is 0.223. The number of carbonyl (C=O) groups excluding carboxylic acids is 1. The number of fused-ring (bicyclic) bond motifs is 1. The maximum absolute atomic E-state index is 13.1. The van der Waals surface area contributed by atoms with Crippen LogP contribution in [0, 0.1) is 6.92 Å². The van der Waals surface area contributed by atoms with E-state index in [2.05, 4.69) is 10.4 Å². The smallest absolute Gasteiger partial charge is 0.296 e. The number of thiophene rings is 1. The number of carbonyl (C=O) groups is 1. The van der Waals surface area contributed by atoms with Crippen LogP contribution >= 0.6 is 11.3 Å². The van der Waals surface area contributed by atoms with Crippen molar-refractivity contribution < 1.29 is 22.1 Å². The van der Waals surface area contributed by atoms with Crippen LogP contribution in [0.5, 0.6) is 5.75 Å². The third kappa shape index (κ3) is 6.04. The van der Waals surface area contributed by atoms with Gasteiger partial charge in [0.05, 0.1) is 34.2 Å². The summed E-state index contributed by atoms with van der Waals surface area (Å²) in [6.45, 7) is 5.73. The fraction of sp³-hybridized carbons (Fsp3) is 0.269. The minimum Gasteiger partial charge on any atom is -0.494 e. The Morgan fingerprint density at radius 2 is 1.79 bits per heavy atom. The van der Waals surface area contributed by atoms with Gasteiger partial charge in [-0.1, -0.05) is 17.7 Å². The lowest BCUT2D eigenvalue weighted by molar-refractivity contribution is 0.0938. The van der Waals surface area contributed by atoms with E-state index in [9.17, 15) is 18.0 Å². The zero-order chi connectivity index (χ0) is 27.4. The van der Waals surface area contributed by atoms with Gasteiger partial charge in [-0.2, -0.15) is 18.2 Å². The van der Waals surface area contributed by atoms with Crippen LogP contribution in [-0.4, -0.2) is 43.4 Å². The summed E-state index contributed by atoms with van der Waals surface area (Å²) in [5, 5.41) is 9.77. The van der Waals surface area contributed by atoms with Crippen molar-refractivity contribution in [2.24, 2.45) is 0 Å². The van der Waals surface area contributed by atoms with Crippen LogP contribution in [0.1, 0.15) is 36.3 Å². The average molecular weight is 557 g/mol. The molecule has 0 bridgehead atoms. The van der Waals surface area contributed by atoms with Crippen LogP contribution in [-0.2, 0) is 14.3 Å². The number of ether oxygens (including phenoxy) is 1. The number of nitrogens with one attached hydrogen (secondary N) is 1. The van der Waals surface area contributed by atoms with E-state index in [0.717, 1.165) is 10.2 Å². The van der Waals surface area contributed by atoms with Crippen molar-refractivity contribution in [3.63, 3.8) is 0 Å². The van der Waals surface area contributed by atoms with Gasteiger partial charge in [-0.05, 0) is 57.2 Å². The monoisotopic (exact) mass is 556 g/mol. The van der Waals surface area contributed by atoms with E-state index >= 15 is 0 Å². The highest BCUT2D eigenvalue weighted by Gasteiger charge is 2.21. The molecule has 0 spiro atoms. The van der Waals surface area contributed by atoms with E-state index in [-0.39, 0.29) is 35.2 Å². The van der Waals surface area contributed by atoms with E-state index in [1.807, 2.05) is 20.8 Å². The minimum absolute atomic E-state index is 0.0309. The molecule has 0 atom stereocenters. The Morgan fingerprint density at radius 1 is 1.11 bits per heavy atom. The molecule has 200 valence electrons. The molecule has 0 radical (unpaired) electrons. The standard InChI is InChI=1S/C26H28N4O6S2/c1-16(2)28-25(31)23-21-15-37-24(27)22(21)26(32)30(29-23)18-7-9-19(10-8-18)35-13-4-14-36-38(33,34)20-11-5-17(3)6-12-20/h5-12,15-16H,4,13-14,27H2,1-3H3,(H,28,31). The van der Waals surface area contributed by atoms with Crippen molar-refractivity contribution >= 4 is 43.1 Å². The predicted octanol–water partition coefficient (Wildman–Crippen LogP) is 3.65. The third-order valence-electron chi connectivity index (χ3n) is 5.50. The van der Waals surface area contributed by atoms with Crippen molar-refractivity contribution in [3.8, 4) is 11.4 Å². The van der Waals surface area contributed by atoms with Crippen LogP contribution in [0.2, 0.25) is 0 Å². The van der Waals surface area contributed by atoms with Crippen LogP contribution in [0.4, 0.5) is 5.00 Å². The first-order chi connectivity index (χ1) is 18.1. The number of rotatable bonds is 10. The fourth-order valence-corrected chi connectivity index (χ4v) is 5.35. The van der Waals surface area contributed by atoms with Gasteiger partial charge in [0, 0.05) is 23.2 Å². The third-order valence-corrected chi connectivity index (χ3v) is 7.64. The number of hydrogen-bond acceptors (Lipinski definition) is 9. The Morgan fingerprint density at radius 3 is 2.45 bits per heavy atom. The molecule has 0 aliphatic carbocycles. The zero-order valence-electron chi connectivity index (χ0n) is 21.1. The molecule has 3 N–H and O–H groups in total. The number of nitrogen functional groups attached to an aromatic ring is 1. The minimum atomic E-state index is -3.83. The Hall–Kier alpha value is -3.74. The lowest BCUT2D eigenvalue weighted by Gasteiger charge is -2.12. The van der Waals surface area contributed by atoms with E-state index in [1.165, 1.54) is 23.5 Å². The highest BCUT2D eigenvalue weighted by atomic mass is 32.2. The van der Waals surface area contributed by atoms with Crippen molar-refractivity contribution in [2.45, 2.75) is 38.1 Å². The molecule has 0 fully saturated rings. The van der Waals surface area contributed by atoms with Crippen LogP contribution in [0.3, 0.4) is 0 Å². The lowest BCUT2D eigenvalue weighted by Crippen LogP contribution is -2.33. The van der Waals surface area contributed by atoms with Gasteiger partial charge in [0.15, 0.2) is 5.69 Å². The largest absolute Gasteiger partial charge is 0.494 e. The molecule has 0 saturated carbocycles. The first-order valence-electron chi connectivity index (χ1n) is 11.9. The number of aromatic nitrogens is 2. The zero-order valence-corrected chi connectivity index (χ0v) is 22.8.